The van der Waals surface area contributed by atoms with E-state index in [9.17, 15) is 8.42 Å². The average Bonchev–Trinajstić information content (AvgIpc) is 3.26. The largest absolute Gasteiger partial charge is 0.497 e. The predicted molar refractivity (Wildman–Crippen MR) is 137 cm³/mol. The fourth-order valence-electron chi connectivity index (χ4n) is 3.53. The minimum atomic E-state index is -3.47. The van der Waals surface area contributed by atoms with Crippen LogP contribution in [0.15, 0.2) is 94.1 Å². The quantitative estimate of drug-likeness (QED) is 0.349. The van der Waals surface area contributed by atoms with Gasteiger partial charge in [-0.15, -0.1) is 11.3 Å². The Morgan fingerprint density at radius 2 is 1.62 bits per heavy atom. The third kappa shape index (κ3) is 5.30. The first-order valence-electron chi connectivity index (χ1n) is 10.8. The Morgan fingerprint density at radius 1 is 0.941 bits per heavy atom. The van der Waals surface area contributed by atoms with Gasteiger partial charge in [0.25, 0.3) is 0 Å². The van der Waals surface area contributed by atoms with Gasteiger partial charge >= 0.3 is 0 Å². The minimum absolute atomic E-state index is 0.274. The normalized spacial score (nSPS) is 12.3. The highest BCUT2D eigenvalue weighted by Crippen LogP contribution is 2.24. The minimum Gasteiger partial charge on any atom is -0.497 e. The average molecular weight is 494 g/mol. The molecule has 6 nitrogen and oxygen atoms in total. The second kappa shape index (κ2) is 10.4. The molecule has 0 aliphatic heterocycles. The van der Waals surface area contributed by atoms with Crippen LogP contribution in [0.4, 0.5) is 5.69 Å². The summed E-state index contributed by atoms with van der Waals surface area (Å²) >= 11 is 1.56. The summed E-state index contributed by atoms with van der Waals surface area (Å²) in [5, 5.41) is 2.07. The Bertz CT molecular complexity index is 1400. The summed E-state index contributed by atoms with van der Waals surface area (Å²) in [5.41, 5.74) is 4.03. The SMILES string of the molecule is COc1ccc(N=c2scc(-c3ccc(S(=O)(=O)N(C)C)cc3)n2CCc2ccccc2)cc1. The zero-order valence-corrected chi connectivity index (χ0v) is 21.0. The van der Waals surface area contributed by atoms with E-state index in [2.05, 4.69) is 22.1 Å². The Hall–Kier alpha value is -3.20. The summed E-state index contributed by atoms with van der Waals surface area (Å²) in [4.78, 5) is 6.03. The van der Waals surface area contributed by atoms with Crippen LogP contribution in [0.1, 0.15) is 5.56 Å². The van der Waals surface area contributed by atoms with Gasteiger partial charge in [0.1, 0.15) is 5.75 Å². The fourth-order valence-corrected chi connectivity index (χ4v) is 5.38. The monoisotopic (exact) mass is 493 g/mol. The van der Waals surface area contributed by atoms with Crippen molar-refractivity contribution in [3.63, 3.8) is 0 Å². The molecule has 0 saturated heterocycles. The lowest BCUT2D eigenvalue weighted by Gasteiger charge is -2.13. The van der Waals surface area contributed by atoms with Gasteiger partial charge in [-0.1, -0.05) is 42.5 Å². The highest BCUT2D eigenvalue weighted by Gasteiger charge is 2.17. The van der Waals surface area contributed by atoms with Crippen molar-refractivity contribution < 1.29 is 13.2 Å². The number of hydrogen-bond acceptors (Lipinski definition) is 5. The van der Waals surface area contributed by atoms with Gasteiger partial charge in [0.15, 0.2) is 4.80 Å². The number of rotatable bonds is 8. The van der Waals surface area contributed by atoms with Gasteiger partial charge in [-0.05, 0) is 53.9 Å². The standard InChI is InChI=1S/C26H27N3O3S2/c1-28(2)34(30,31)24-15-9-21(10-16-24)25-19-33-26(27-22-11-13-23(32-3)14-12-22)29(25)18-17-20-7-5-4-6-8-20/h4-16,19H,17-18H2,1-3H3. The molecule has 0 bridgehead atoms. The molecule has 8 heteroatoms. The molecular weight excluding hydrogens is 466 g/mol. The van der Waals surface area contributed by atoms with Crippen molar-refractivity contribution in [1.29, 1.82) is 0 Å². The maximum atomic E-state index is 12.5. The van der Waals surface area contributed by atoms with Crippen LogP contribution in [0.2, 0.25) is 0 Å². The Morgan fingerprint density at radius 3 is 2.24 bits per heavy atom. The topological polar surface area (TPSA) is 63.9 Å². The van der Waals surface area contributed by atoms with Gasteiger partial charge < -0.3 is 9.30 Å². The zero-order valence-electron chi connectivity index (χ0n) is 19.4. The van der Waals surface area contributed by atoms with Crippen LogP contribution in [0.5, 0.6) is 5.75 Å². The van der Waals surface area contributed by atoms with Gasteiger partial charge in [0, 0.05) is 26.0 Å². The molecule has 4 aromatic rings. The molecule has 1 aromatic heterocycles. The van der Waals surface area contributed by atoms with Crippen molar-refractivity contribution in [1.82, 2.24) is 8.87 Å². The molecule has 0 spiro atoms. The summed E-state index contributed by atoms with van der Waals surface area (Å²) in [7, 11) is 1.24. The molecule has 0 saturated carbocycles. The number of nitrogens with zero attached hydrogens (tertiary/aromatic N) is 3. The van der Waals surface area contributed by atoms with Gasteiger partial charge in [0.2, 0.25) is 10.0 Å². The van der Waals surface area contributed by atoms with Crippen LogP contribution in [-0.2, 0) is 23.0 Å². The Kier molecular flexibility index (Phi) is 7.31. The van der Waals surface area contributed by atoms with Crippen LogP contribution >= 0.6 is 11.3 Å². The van der Waals surface area contributed by atoms with Crippen LogP contribution < -0.4 is 9.54 Å². The molecular formula is C26H27N3O3S2. The third-order valence-corrected chi connectivity index (χ3v) is 8.18. The number of benzene rings is 3. The smallest absolute Gasteiger partial charge is 0.242 e. The lowest BCUT2D eigenvalue weighted by molar-refractivity contribution is 0.415. The van der Waals surface area contributed by atoms with Gasteiger partial charge in [-0.2, -0.15) is 0 Å². The van der Waals surface area contributed by atoms with Crippen LogP contribution in [0.25, 0.3) is 11.3 Å². The maximum absolute atomic E-state index is 12.5. The van der Waals surface area contributed by atoms with Crippen LogP contribution in [-0.4, -0.2) is 38.5 Å². The number of methoxy groups -OCH3 is 1. The second-order valence-electron chi connectivity index (χ2n) is 7.91. The van der Waals surface area contributed by atoms with Crippen LogP contribution in [0.3, 0.4) is 0 Å². The van der Waals surface area contributed by atoms with E-state index < -0.39 is 10.0 Å². The van der Waals surface area contributed by atoms with Crippen molar-refractivity contribution >= 4 is 27.0 Å². The number of hydrogen-bond donors (Lipinski definition) is 0. The molecule has 0 fully saturated rings. The molecule has 1 heterocycles. The van der Waals surface area contributed by atoms with Crippen LogP contribution in [0, 0.1) is 0 Å². The molecule has 0 atom stereocenters. The third-order valence-electron chi connectivity index (χ3n) is 5.49. The molecule has 0 radical (unpaired) electrons. The Balaban J connectivity index is 1.73. The molecule has 176 valence electrons. The zero-order chi connectivity index (χ0) is 24.1. The summed E-state index contributed by atoms with van der Waals surface area (Å²) in [6.45, 7) is 0.746. The summed E-state index contributed by atoms with van der Waals surface area (Å²) in [5.74, 6) is 0.788. The number of aryl methyl sites for hydroxylation is 1. The van der Waals surface area contributed by atoms with E-state index in [4.69, 9.17) is 9.73 Å². The van der Waals surface area contributed by atoms with Crippen molar-refractivity contribution in [2.24, 2.45) is 4.99 Å². The number of ether oxygens (including phenoxy) is 1. The first-order chi connectivity index (χ1) is 16.4. The van der Waals surface area contributed by atoms with E-state index in [0.29, 0.717) is 0 Å². The van der Waals surface area contributed by atoms with Crippen molar-refractivity contribution in [2.75, 3.05) is 21.2 Å². The number of sulfonamides is 1. The fraction of sp³-hybridized carbons (Fsp3) is 0.192. The molecule has 34 heavy (non-hydrogen) atoms. The van der Waals surface area contributed by atoms with Crippen molar-refractivity contribution in [3.05, 3.63) is 94.6 Å². The van der Waals surface area contributed by atoms with E-state index in [1.165, 1.54) is 24.0 Å². The van der Waals surface area contributed by atoms with Crippen molar-refractivity contribution in [3.8, 4) is 17.0 Å². The first-order valence-corrected chi connectivity index (χ1v) is 13.1. The second-order valence-corrected chi connectivity index (χ2v) is 10.9. The molecule has 0 amide bonds. The van der Waals surface area contributed by atoms with Gasteiger partial charge in [-0.3, -0.25) is 0 Å². The predicted octanol–water partition coefficient (Wildman–Crippen LogP) is 4.95. The molecule has 3 aromatic carbocycles. The maximum Gasteiger partial charge on any atom is 0.242 e. The first kappa shape index (κ1) is 23.9. The highest BCUT2D eigenvalue weighted by molar-refractivity contribution is 7.89. The van der Waals surface area contributed by atoms with Gasteiger partial charge in [0.05, 0.1) is 23.4 Å². The Labute approximate surface area is 204 Å². The van der Waals surface area contributed by atoms with E-state index >= 15 is 0 Å². The summed E-state index contributed by atoms with van der Waals surface area (Å²) < 4.78 is 33.6. The molecule has 0 aliphatic rings. The lowest BCUT2D eigenvalue weighted by atomic mass is 10.1. The van der Waals surface area contributed by atoms with E-state index in [1.807, 2.05) is 54.6 Å². The number of aromatic nitrogens is 1. The molecule has 0 aliphatic carbocycles. The lowest BCUT2D eigenvalue weighted by Crippen LogP contribution is -2.22. The molecule has 0 N–H and O–H groups in total. The van der Waals surface area contributed by atoms with E-state index in [1.54, 1.807) is 30.6 Å². The molecule has 4 rings (SSSR count). The summed E-state index contributed by atoms with van der Waals surface area (Å²) in [6.07, 6.45) is 0.855. The van der Waals surface area contributed by atoms with Gasteiger partial charge in [-0.25, -0.2) is 17.7 Å². The molecule has 0 unspecified atom stereocenters. The highest BCUT2D eigenvalue weighted by atomic mass is 32.2. The number of thiazole rings is 1. The van der Waals surface area contributed by atoms with Crippen molar-refractivity contribution in [2.45, 2.75) is 17.9 Å². The van der Waals surface area contributed by atoms with E-state index in [0.717, 1.165) is 40.5 Å². The van der Waals surface area contributed by atoms with E-state index in [-0.39, 0.29) is 4.90 Å². The summed E-state index contributed by atoms with van der Waals surface area (Å²) in [6, 6.07) is 25.0.